The summed E-state index contributed by atoms with van der Waals surface area (Å²) >= 11 is 33.2. The Morgan fingerprint density at radius 1 is 0.394 bits per heavy atom. The van der Waals surface area contributed by atoms with Crippen LogP contribution in [0.2, 0.25) is 20.1 Å². The lowest BCUT2D eigenvalue weighted by Gasteiger charge is -2.14. The molecule has 44 heteroatoms. The first kappa shape index (κ1) is 76.8. The average Bonchev–Trinajstić information content (AvgIpc) is 0.808. The molecule has 8 rings (SSSR count). The number of rotatable bonds is 10. The van der Waals surface area contributed by atoms with E-state index in [1.54, 1.807) is 0 Å². The fraction of sp³-hybridized carbons (Fsp3) is 0.200. The second-order valence-electron chi connectivity index (χ2n) is 18.5. The van der Waals surface area contributed by atoms with Gasteiger partial charge in [0.2, 0.25) is 20.0 Å². The van der Waals surface area contributed by atoms with Crippen molar-refractivity contribution in [2.75, 3.05) is 31.3 Å². The summed E-state index contributed by atoms with van der Waals surface area (Å²) in [6.45, 7) is 3.80. The highest BCUT2D eigenvalue weighted by Gasteiger charge is 2.38. The molecule has 0 amide bonds. The minimum absolute atomic E-state index is 0.0284. The van der Waals surface area contributed by atoms with Gasteiger partial charge in [-0.15, -0.1) is 23.2 Å². The quantitative estimate of drug-likeness (QED) is 0.0563. The summed E-state index contributed by atoms with van der Waals surface area (Å²) in [5.74, 6) is -4.05. The molecule has 94 heavy (non-hydrogen) atoms. The first-order valence-electron chi connectivity index (χ1n) is 24.3. The summed E-state index contributed by atoms with van der Waals surface area (Å²) < 4.78 is 261. The number of nitrogens with two attached hydrogens (primary N) is 2. The molecule has 6 N–H and O–H groups in total. The number of alkyl halides is 14. The van der Waals surface area contributed by atoms with Crippen molar-refractivity contribution in [2.24, 2.45) is 0 Å². The van der Waals surface area contributed by atoms with E-state index in [9.17, 15) is 106 Å². The Bertz CT molecular complexity index is 4470. The summed E-state index contributed by atoms with van der Waals surface area (Å²) in [7, 11) is -8.00. The molecule has 0 saturated heterocycles. The van der Waals surface area contributed by atoms with E-state index >= 15 is 0 Å². The minimum atomic E-state index is -4.81. The smallest absolute Gasteiger partial charge is 0.397 e. The van der Waals surface area contributed by atoms with Gasteiger partial charge in [-0.1, -0.05) is 46.4 Å². The second-order valence-corrected chi connectivity index (χ2v) is 24.7. The number of sulfonamides is 2. The van der Waals surface area contributed by atoms with Crippen molar-refractivity contribution in [1.29, 1.82) is 0 Å². The molecule has 8 aromatic rings. The maximum atomic E-state index is 14.2. The number of halogens is 22. The number of aromatic nitrogens is 8. The van der Waals surface area contributed by atoms with Crippen LogP contribution in [-0.4, -0.2) is 66.4 Å². The summed E-state index contributed by atoms with van der Waals surface area (Å²) in [6, 6.07) is 6.78. The molecule has 0 atom stereocenters. The Labute approximate surface area is 544 Å². The van der Waals surface area contributed by atoms with Gasteiger partial charge in [0, 0.05) is 22.3 Å². The van der Waals surface area contributed by atoms with Crippen LogP contribution in [0.5, 0.6) is 0 Å². The maximum absolute atomic E-state index is 14.2. The van der Waals surface area contributed by atoms with Crippen molar-refractivity contribution in [2.45, 2.75) is 52.4 Å². The van der Waals surface area contributed by atoms with Gasteiger partial charge in [0.15, 0.2) is 23.3 Å². The first-order chi connectivity index (χ1) is 43.0. The molecule has 0 saturated carbocycles. The van der Waals surface area contributed by atoms with Crippen molar-refractivity contribution in [3.8, 4) is 22.7 Å². The fourth-order valence-electron chi connectivity index (χ4n) is 7.36. The predicted molar refractivity (Wildman–Crippen MR) is 314 cm³/mol. The molecule has 0 fully saturated rings. The summed E-state index contributed by atoms with van der Waals surface area (Å²) in [6.07, 6.45) is -17.4. The maximum Gasteiger partial charge on any atom is 0.418 e. The highest BCUT2D eigenvalue weighted by atomic mass is 35.5. The second kappa shape index (κ2) is 29.0. The molecule has 0 aliphatic rings. The van der Waals surface area contributed by atoms with Crippen LogP contribution in [0.3, 0.4) is 0 Å². The lowest BCUT2D eigenvalue weighted by molar-refractivity contribution is -0.139. The zero-order valence-electron chi connectivity index (χ0n) is 46.5. The molecule has 20 nitrogen and oxygen atoms in total. The van der Waals surface area contributed by atoms with E-state index in [1.165, 1.54) is 0 Å². The fourth-order valence-corrected chi connectivity index (χ4v) is 9.61. The SMILES string of the molecule is Cc1c(C(F)(F)F)cnn(-c2cc(N)c(Cl)cc2F)c1=O.Cc1c(C(F)(F)F)cnn(-c2cc(N)c(Cl)cc2F)c1=O.Cc1c(C(F)(F)F)cnn(-c2cc(NS(=O)(=O)CCl)c(Cl)cc2F)c1=O.Cc1c(C(F)(F)F)cnn(-c2cc(NS(=O)(=O)CCl)c(Cl)cc2F)c1=O. The molecule has 0 unspecified atom stereocenters. The topological polar surface area (TPSA) is 284 Å². The third-order valence-electron chi connectivity index (χ3n) is 12.0. The highest BCUT2D eigenvalue weighted by Crippen LogP contribution is 2.36. The van der Waals surface area contributed by atoms with Crippen LogP contribution in [0.25, 0.3) is 22.7 Å². The molecule has 4 aromatic carbocycles. The molecule has 4 heterocycles. The zero-order chi connectivity index (χ0) is 71.6. The van der Waals surface area contributed by atoms with E-state index in [2.05, 4.69) is 20.4 Å². The van der Waals surface area contributed by atoms with Gasteiger partial charge in [0.25, 0.3) is 22.2 Å². The Kier molecular flexibility index (Phi) is 23.7. The van der Waals surface area contributed by atoms with Crippen molar-refractivity contribution in [3.63, 3.8) is 0 Å². The van der Waals surface area contributed by atoms with E-state index in [4.69, 9.17) is 81.1 Å². The summed E-state index contributed by atoms with van der Waals surface area (Å²) in [4.78, 5) is 48.2. The average molecular weight is 1510 g/mol. The number of anilines is 4. The van der Waals surface area contributed by atoms with Crippen LogP contribution >= 0.6 is 69.6 Å². The molecule has 0 spiro atoms. The molecule has 508 valence electrons. The minimum Gasteiger partial charge on any atom is -0.397 e. The van der Waals surface area contributed by atoms with Gasteiger partial charge in [-0.25, -0.2) is 34.4 Å². The first-order valence-corrected chi connectivity index (χ1v) is 30.1. The molecular weight excluding hydrogens is 1480 g/mol. The van der Waals surface area contributed by atoms with Gasteiger partial charge in [-0.3, -0.25) is 28.6 Å². The third kappa shape index (κ3) is 17.9. The molecular formula is C50H34Cl6F16N12O8S2. The number of hydrogen-bond donors (Lipinski definition) is 4. The van der Waals surface area contributed by atoms with Crippen LogP contribution < -0.4 is 43.1 Å². The number of nitrogens with one attached hydrogen (secondary N) is 2. The normalized spacial score (nSPS) is 12.0. The Morgan fingerprint density at radius 3 is 0.798 bits per heavy atom. The van der Waals surface area contributed by atoms with E-state index in [0.29, 0.717) is 55.6 Å². The van der Waals surface area contributed by atoms with Gasteiger partial charge in [-0.2, -0.15) is 91.8 Å². The van der Waals surface area contributed by atoms with E-state index < -0.39 is 157 Å². The summed E-state index contributed by atoms with van der Waals surface area (Å²) in [5.41, 5.74) is -3.78. The van der Waals surface area contributed by atoms with Crippen molar-refractivity contribution in [1.82, 2.24) is 39.1 Å². The lowest BCUT2D eigenvalue weighted by Crippen LogP contribution is -2.28. The number of nitrogens with zero attached hydrogens (tertiary/aromatic N) is 8. The Morgan fingerprint density at radius 2 is 0.596 bits per heavy atom. The number of nitrogen functional groups attached to an aromatic ring is 2. The molecule has 0 aliphatic carbocycles. The molecule has 0 bridgehead atoms. The van der Waals surface area contributed by atoms with Crippen LogP contribution in [0, 0.1) is 51.0 Å². The molecule has 0 radical (unpaired) electrons. The Hall–Kier alpha value is -7.88. The zero-order valence-corrected chi connectivity index (χ0v) is 52.6. The van der Waals surface area contributed by atoms with Crippen molar-refractivity contribution in [3.05, 3.63) is 203 Å². The van der Waals surface area contributed by atoms with Crippen LogP contribution in [0.4, 0.5) is 93.0 Å². The van der Waals surface area contributed by atoms with E-state index in [0.717, 1.165) is 64.1 Å². The van der Waals surface area contributed by atoms with Gasteiger partial charge >= 0.3 is 24.7 Å². The standard InChI is InChI=1S/2C13H9Cl2F4N3O3S.2C12H8ClF4N3O/c2*1-6-7(13(17,18)19)4-20-22(12(6)23)11-3-10(8(15)2-9(11)16)21-26(24,25)5-14;2*1-5-6(12(15,16)17)4-19-20(11(5)21)10-3-9(18)7(13)2-8(10)14/h2*2-4,21H,5H2,1H3;2*2-4H,18H2,1H3. The predicted octanol–water partition coefficient (Wildman–Crippen LogP) is 12.4. The van der Waals surface area contributed by atoms with Gasteiger partial charge in [0.05, 0.1) is 89.9 Å². The lowest BCUT2D eigenvalue weighted by atomic mass is 10.2. The molecule has 4 aromatic heterocycles. The van der Waals surface area contributed by atoms with Gasteiger partial charge in [0.1, 0.15) is 33.2 Å². The highest BCUT2D eigenvalue weighted by molar-refractivity contribution is 7.94. The molecule has 0 aliphatic heterocycles. The van der Waals surface area contributed by atoms with Gasteiger partial charge in [-0.05, 0) is 76.2 Å². The van der Waals surface area contributed by atoms with E-state index in [1.807, 2.05) is 9.44 Å². The monoisotopic (exact) mass is 1510 g/mol. The largest absolute Gasteiger partial charge is 0.418 e. The van der Waals surface area contributed by atoms with Crippen LogP contribution in [0.1, 0.15) is 44.5 Å². The summed E-state index contributed by atoms with van der Waals surface area (Å²) in [5, 5.41) is 10.8. The van der Waals surface area contributed by atoms with Crippen LogP contribution in [-0.2, 0) is 44.8 Å². The van der Waals surface area contributed by atoms with Crippen molar-refractivity contribution < 1.29 is 87.1 Å². The van der Waals surface area contributed by atoms with E-state index in [-0.39, 0.29) is 54.2 Å². The Balaban J connectivity index is 0.000000228. The van der Waals surface area contributed by atoms with Gasteiger partial charge < -0.3 is 11.5 Å². The van der Waals surface area contributed by atoms with Crippen molar-refractivity contribution >= 4 is 112 Å². The number of benzene rings is 4. The number of hydrogen-bond acceptors (Lipinski definition) is 14. The van der Waals surface area contributed by atoms with Crippen LogP contribution in [0.15, 0.2) is 92.5 Å². The third-order valence-corrected chi connectivity index (χ3v) is 16.7.